The van der Waals surface area contributed by atoms with Crippen LogP contribution in [0.2, 0.25) is 0 Å². The highest BCUT2D eigenvalue weighted by molar-refractivity contribution is 5.75. The number of benzene rings is 3. The SMILES string of the molecule is CC1C(CN(C)CCc2ccccn2)OC(c2ccc(-c3cccc(CNC(=O)NC45CC6CC(CC(C6)C4)C5)c3)cc2)OC1c1ccc(CO)cc1. The van der Waals surface area contributed by atoms with Crippen LogP contribution in [-0.2, 0) is 29.0 Å². The molecule has 4 aromatic rings. The van der Waals surface area contributed by atoms with Gasteiger partial charge in [-0.15, -0.1) is 0 Å². The number of aliphatic hydroxyl groups excluding tert-OH is 1. The van der Waals surface area contributed by atoms with Gasteiger partial charge in [0.05, 0.1) is 18.8 Å². The number of aliphatic hydroxyl groups is 1. The van der Waals surface area contributed by atoms with E-state index in [4.69, 9.17) is 9.47 Å². The Bertz CT molecular complexity index is 1800. The average molecular weight is 715 g/mol. The monoisotopic (exact) mass is 714 g/mol. The third-order valence-corrected chi connectivity index (χ3v) is 12.4. The van der Waals surface area contributed by atoms with E-state index in [2.05, 4.69) is 101 Å². The molecule has 0 spiro atoms. The second kappa shape index (κ2) is 15.7. The van der Waals surface area contributed by atoms with Crippen molar-refractivity contribution in [2.45, 2.75) is 89.1 Å². The minimum absolute atomic E-state index is 0.00675. The van der Waals surface area contributed by atoms with Crippen molar-refractivity contribution in [3.8, 4) is 11.1 Å². The fourth-order valence-corrected chi connectivity index (χ4v) is 10.0. The van der Waals surface area contributed by atoms with Gasteiger partial charge in [-0.05, 0) is 109 Å². The molecular weight excluding hydrogens is 661 g/mol. The molecule has 4 unspecified atom stereocenters. The third kappa shape index (κ3) is 8.36. The number of nitrogens with zero attached hydrogens (tertiary/aromatic N) is 2. The summed E-state index contributed by atoms with van der Waals surface area (Å²) in [5, 5.41) is 16.2. The molecule has 2 amide bonds. The van der Waals surface area contributed by atoms with E-state index >= 15 is 0 Å². The number of carbonyl (C=O) groups is 1. The second-order valence-electron chi connectivity index (χ2n) is 16.5. The maximum Gasteiger partial charge on any atom is 0.315 e. The van der Waals surface area contributed by atoms with Gasteiger partial charge in [0.2, 0.25) is 0 Å². The summed E-state index contributed by atoms with van der Waals surface area (Å²) in [7, 11) is 2.14. The van der Waals surface area contributed by atoms with Crippen LogP contribution in [0, 0.1) is 23.7 Å². The zero-order chi connectivity index (χ0) is 36.4. The van der Waals surface area contributed by atoms with Crippen molar-refractivity contribution in [2.24, 2.45) is 23.7 Å². The maximum atomic E-state index is 13.1. The van der Waals surface area contributed by atoms with Gasteiger partial charge in [-0.25, -0.2) is 4.79 Å². The third-order valence-electron chi connectivity index (χ3n) is 12.4. The Morgan fingerprint density at radius 3 is 2.25 bits per heavy atom. The van der Waals surface area contributed by atoms with Gasteiger partial charge in [-0.3, -0.25) is 4.98 Å². The zero-order valence-electron chi connectivity index (χ0n) is 31.1. The number of carbonyl (C=O) groups excluding carboxylic acids is 1. The number of hydrogen-bond acceptors (Lipinski definition) is 6. The van der Waals surface area contributed by atoms with E-state index in [1.165, 1.54) is 19.3 Å². The fourth-order valence-electron chi connectivity index (χ4n) is 10.0. The summed E-state index contributed by atoms with van der Waals surface area (Å²) in [6.45, 7) is 4.35. The van der Waals surface area contributed by atoms with E-state index in [-0.39, 0.29) is 36.3 Å². The first-order valence-electron chi connectivity index (χ1n) is 19.7. The van der Waals surface area contributed by atoms with Crippen molar-refractivity contribution in [2.75, 3.05) is 20.1 Å². The summed E-state index contributed by atoms with van der Waals surface area (Å²) in [6, 6.07) is 31.0. The molecule has 2 heterocycles. The predicted octanol–water partition coefficient (Wildman–Crippen LogP) is 7.97. The van der Waals surface area contributed by atoms with Gasteiger partial charge in [0, 0.05) is 55.0 Å². The van der Waals surface area contributed by atoms with Crippen LogP contribution >= 0.6 is 0 Å². The molecule has 4 saturated carbocycles. The quantitative estimate of drug-likeness (QED) is 0.138. The number of amides is 2. The molecule has 3 N–H and O–H groups in total. The molecule has 4 atom stereocenters. The molecule has 5 fully saturated rings. The predicted molar refractivity (Wildman–Crippen MR) is 207 cm³/mol. The van der Waals surface area contributed by atoms with E-state index in [0.717, 1.165) is 95.6 Å². The number of aromatic nitrogens is 1. The second-order valence-corrected chi connectivity index (χ2v) is 16.5. The molecule has 9 rings (SSSR count). The van der Waals surface area contributed by atoms with Crippen LogP contribution in [0.15, 0.2) is 97.2 Å². The standard InChI is InChI=1S/C45H54N4O4/c1-30-41(28-49(2)19-17-40-8-3-4-18-46-40)52-43(53-42(30)37-11-9-31(29-50)10-12-37)38-15-13-36(14-16-38)39-7-5-6-32(23-39)27-47-44(51)48-45-24-33-20-34(25-45)22-35(21-33)26-45/h3-16,18,23,30,33-35,41-43,50H,17,19-22,24-29H2,1-2H3,(H2,47,48,51). The van der Waals surface area contributed by atoms with E-state index in [1.54, 1.807) is 0 Å². The highest BCUT2D eigenvalue weighted by atomic mass is 16.7. The van der Waals surface area contributed by atoms with Crippen LogP contribution < -0.4 is 10.6 Å². The van der Waals surface area contributed by atoms with Crippen LogP contribution in [0.5, 0.6) is 0 Å². The average Bonchev–Trinajstić information content (AvgIpc) is 3.17. The lowest BCUT2D eigenvalue weighted by atomic mass is 9.53. The minimum Gasteiger partial charge on any atom is -0.392 e. The molecule has 4 aliphatic carbocycles. The molecular formula is C45H54N4O4. The van der Waals surface area contributed by atoms with Crippen LogP contribution in [0.25, 0.3) is 11.1 Å². The Morgan fingerprint density at radius 1 is 0.849 bits per heavy atom. The molecule has 1 saturated heterocycles. The fraction of sp³-hybridized carbons (Fsp3) is 0.467. The van der Waals surface area contributed by atoms with Gasteiger partial charge in [0.25, 0.3) is 0 Å². The Hall–Kier alpha value is -4.08. The summed E-state index contributed by atoms with van der Waals surface area (Å²) < 4.78 is 13.5. The highest BCUT2D eigenvalue weighted by Gasteiger charge is 2.51. The first kappa shape index (κ1) is 35.9. The molecule has 1 aliphatic heterocycles. The topological polar surface area (TPSA) is 96.0 Å². The summed E-state index contributed by atoms with van der Waals surface area (Å²) in [6.07, 6.45) is 9.50. The smallest absolute Gasteiger partial charge is 0.315 e. The lowest BCUT2D eigenvalue weighted by Gasteiger charge is -2.56. The molecule has 8 nitrogen and oxygen atoms in total. The van der Waals surface area contributed by atoms with E-state index < -0.39 is 6.29 Å². The largest absolute Gasteiger partial charge is 0.392 e. The molecule has 278 valence electrons. The Balaban J connectivity index is 0.925. The van der Waals surface area contributed by atoms with Crippen LogP contribution in [0.1, 0.15) is 85.8 Å². The lowest BCUT2D eigenvalue weighted by molar-refractivity contribution is -0.275. The molecule has 5 aliphatic rings. The van der Waals surface area contributed by atoms with Crippen molar-refractivity contribution in [1.82, 2.24) is 20.5 Å². The van der Waals surface area contributed by atoms with Crippen LogP contribution in [-0.4, -0.2) is 52.8 Å². The van der Waals surface area contributed by atoms with Crippen molar-refractivity contribution in [1.29, 1.82) is 0 Å². The maximum absolute atomic E-state index is 13.1. The lowest BCUT2D eigenvalue weighted by Crippen LogP contribution is -2.61. The number of nitrogens with one attached hydrogen (secondary N) is 2. The summed E-state index contributed by atoms with van der Waals surface area (Å²) >= 11 is 0. The molecule has 4 bridgehead atoms. The number of pyridine rings is 1. The number of rotatable bonds is 12. The van der Waals surface area contributed by atoms with Crippen molar-refractivity contribution >= 4 is 6.03 Å². The van der Waals surface area contributed by atoms with Crippen molar-refractivity contribution in [3.63, 3.8) is 0 Å². The Morgan fingerprint density at radius 2 is 1.57 bits per heavy atom. The van der Waals surface area contributed by atoms with E-state index in [0.29, 0.717) is 6.54 Å². The first-order chi connectivity index (χ1) is 25.8. The van der Waals surface area contributed by atoms with Gasteiger partial charge in [-0.1, -0.05) is 79.7 Å². The van der Waals surface area contributed by atoms with E-state index in [9.17, 15) is 9.90 Å². The molecule has 1 aromatic heterocycles. The molecule has 3 aromatic carbocycles. The van der Waals surface area contributed by atoms with Crippen LogP contribution in [0.4, 0.5) is 4.79 Å². The number of urea groups is 1. The number of hydrogen-bond donors (Lipinski definition) is 3. The Kier molecular flexibility index (Phi) is 10.7. The first-order valence-corrected chi connectivity index (χ1v) is 19.7. The van der Waals surface area contributed by atoms with Gasteiger partial charge in [0.1, 0.15) is 0 Å². The van der Waals surface area contributed by atoms with Crippen molar-refractivity contribution < 1.29 is 19.4 Å². The molecule has 0 radical (unpaired) electrons. The molecule has 8 heteroatoms. The van der Waals surface area contributed by atoms with Gasteiger partial charge in [-0.2, -0.15) is 0 Å². The molecule has 53 heavy (non-hydrogen) atoms. The van der Waals surface area contributed by atoms with Crippen LogP contribution in [0.3, 0.4) is 0 Å². The number of likely N-dealkylation sites (N-methyl/N-ethyl adjacent to an activating group) is 1. The Labute approximate surface area is 314 Å². The van der Waals surface area contributed by atoms with E-state index in [1.807, 2.05) is 30.5 Å². The normalized spacial score (nSPS) is 28.9. The van der Waals surface area contributed by atoms with Crippen molar-refractivity contribution in [3.05, 3.63) is 125 Å². The minimum atomic E-state index is -0.528. The summed E-state index contributed by atoms with van der Waals surface area (Å²) in [4.78, 5) is 19.9. The number of ether oxygens (including phenoxy) is 2. The zero-order valence-corrected chi connectivity index (χ0v) is 31.1. The highest BCUT2D eigenvalue weighted by Crippen LogP contribution is 2.55. The van der Waals surface area contributed by atoms with Gasteiger partial charge in [0.15, 0.2) is 6.29 Å². The van der Waals surface area contributed by atoms with Gasteiger partial charge < -0.3 is 30.1 Å². The summed E-state index contributed by atoms with van der Waals surface area (Å²) in [5.74, 6) is 2.50. The van der Waals surface area contributed by atoms with Gasteiger partial charge >= 0.3 is 6.03 Å². The summed E-state index contributed by atoms with van der Waals surface area (Å²) in [5.41, 5.74) is 7.30.